The van der Waals surface area contributed by atoms with Crippen LogP contribution in [0.25, 0.3) is 0 Å². The summed E-state index contributed by atoms with van der Waals surface area (Å²) < 4.78 is 29.6. The van der Waals surface area contributed by atoms with Crippen molar-refractivity contribution < 1.29 is 28.2 Å². The van der Waals surface area contributed by atoms with Gasteiger partial charge in [0.2, 0.25) is 0 Å². The number of aliphatic hydroxyl groups excluding tert-OH is 1. The van der Waals surface area contributed by atoms with Crippen LogP contribution in [0, 0.1) is 11.7 Å². The van der Waals surface area contributed by atoms with Crippen molar-refractivity contribution in [2.24, 2.45) is 5.92 Å². The lowest BCUT2D eigenvalue weighted by Crippen LogP contribution is -2.41. The Morgan fingerprint density at radius 1 is 1.38 bits per heavy atom. The van der Waals surface area contributed by atoms with Crippen LogP contribution >= 0.6 is 0 Å². The molecule has 1 aliphatic rings. The van der Waals surface area contributed by atoms with E-state index in [1.807, 2.05) is 6.92 Å². The van der Waals surface area contributed by atoms with Crippen LogP contribution in [-0.4, -0.2) is 30.8 Å². The molecule has 0 radical (unpaired) electrons. The molecule has 0 saturated heterocycles. The fraction of sp³-hybridized carbons (Fsp3) is 0.421. The summed E-state index contributed by atoms with van der Waals surface area (Å²) in [6.07, 6.45) is 0.692. The Kier molecular flexibility index (Phi) is 5.46. The van der Waals surface area contributed by atoms with Crippen LogP contribution in [0.2, 0.25) is 0 Å². The molecule has 1 amide bonds. The Morgan fingerprint density at radius 2 is 2.15 bits per heavy atom. The lowest BCUT2D eigenvalue weighted by molar-refractivity contribution is 0.0231. The third-order valence-electron chi connectivity index (χ3n) is 4.53. The number of furan rings is 1. The van der Waals surface area contributed by atoms with Crippen molar-refractivity contribution in [1.29, 1.82) is 0 Å². The molecule has 1 heterocycles. The summed E-state index contributed by atoms with van der Waals surface area (Å²) in [5.74, 6) is -0.377. The normalized spacial score (nSPS) is 20.2. The van der Waals surface area contributed by atoms with E-state index in [4.69, 9.17) is 13.9 Å². The van der Waals surface area contributed by atoms with Crippen LogP contribution in [-0.2, 0) is 0 Å². The average Bonchev–Trinajstić information content (AvgIpc) is 3.06. The highest BCUT2D eigenvalue weighted by atomic mass is 19.1. The SMILES string of the molecule is CCOc1ccc(C(=O)N[C@@H](c2ccc(OC)c(F)c2)C2CC(O)C2)o1. The van der Waals surface area contributed by atoms with Crippen LogP contribution in [0.15, 0.2) is 34.7 Å². The first-order valence-corrected chi connectivity index (χ1v) is 8.56. The van der Waals surface area contributed by atoms with Gasteiger partial charge in [-0.1, -0.05) is 6.07 Å². The molecule has 0 spiro atoms. The highest BCUT2D eigenvalue weighted by Gasteiger charge is 2.36. The minimum Gasteiger partial charge on any atom is -0.494 e. The Bertz CT molecular complexity index is 769. The molecule has 1 aliphatic carbocycles. The molecule has 140 valence electrons. The lowest BCUT2D eigenvalue weighted by Gasteiger charge is -2.38. The molecule has 7 heteroatoms. The maximum absolute atomic E-state index is 14.1. The predicted molar refractivity (Wildman–Crippen MR) is 91.8 cm³/mol. The van der Waals surface area contributed by atoms with Crippen LogP contribution in [0.3, 0.4) is 0 Å². The summed E-state index contributed by atoms with van der Waals surface area (Å²) in [7, 11) is 1.40. The fourth-order valence-electron chi connectivity index (χ4n) is 3.13. The molecular formula is C19H22FNO5. The summed E-state index contributed by atoms with van der Waals surface area (Å²) in [6.45, 7) is 2.25. The van der Waals surface area contributed by atoms with Crippen molar-refractivity contribution in [3.8, 4) is 11.7 Å². The number of methoxy groups -OCH3 is 1. The molecule has 1 aromatic heterocycles. The maximum Gasteiger partial charge on any atom is 0.287 e. The summed E-state index contributed by atoms with van der Waals surface area (Å²) in [6, 6.07) is 7.26. The van der Waals surface area contributed by atoms with Crippen molar-refractivity contribution >= 4 is 5.91 Å². The fourth-order valence-corrected chi connectivity index (χ4v) is 3.13. The molecule has 1 saturated carbocycles. The van der Waals surface area contributed by atoms with Crippen LogP contribution in [0.4, 0.5) is 4.39 Å². The minimum absolute atomic E-state index is 0.0167. The zero-order valence-corrected chi connectivity index (χ0v) is 14.7. The zero-order valence-electron chi connectivity index (χ0n) is 14.7. The predicted octanol–water partition coefficient (Wildman–Crippen LogP) is 3.07. The third kappa shape index (κ3) is 3.83. The number of aliphatic hydroxyl groups is 1. The van der Waals surface area contributed by atoms with E-state index in [2.05, 4.69) is 5.32 Å². The molecule has 2 N–H and O–H groups in total. The second-order valence-electron chi connectivity index (χ2n) is 6.28. The number of amides is 1. The number of nitrogens with one attached hydrogen (secondary N) is 1. The molecular weight excluding hydrogens is 341 g/mol. The molecule has 1 atom stereocenters. The standard InChI is InChI=1S/C19H22FNO5/c1-3-25-17-7-6-16(26-17)19(23)21-18(12-8-13(22)9-12)11-4-5-15(24-2)14(20)10-11/h4-7,10,12-13,18,22H,3,8-9H2,1-2H3,(H,21,23)/t12?,13?,18-/m0/s1. The van der Waals surface area contributed by atoms with E-state index >= 15 is 0 Å². The molecule has 0 bridgehead atoms. The van der Waals surface area contributed by atoms with Crippen molar-refractivity contribution in [2.75, 3.05) is 13.7 Å². The Balaban J connectivity index is 1.80. The first-order valence-electron chi connectivity index (χ1n) is 8.56. The van der Waals surface area contributed by atoms with Gasteiger partial charge in [0.1, 0.15) is 0 Å². The largest absolute Gasteiger partial charge is 0.494 e. The van der Waals surface area contributed by atoms with Crippen molar-refractivity contribution in [3.63, 3.8) is 0 Å². The Labute approximate surface area is 150 Å². The van der Waals surface area contributed by atoms with E-state index in [0.29, 0.717) is 25.0 Å². The molecule has 0 unspecified atom stereocenters. The van der Waals surface area contributed by atoms with Gasteiger partial charge in [0.05, 0.1) is 25.9 Å². The van der Waals surface area contributed by atoms with E-state index in [1.54, 1.807) is 12.1 Å². The number of hydrogen-bond acceptors (Lipinski definition) is 5. The minimum atomic E-state index is -0.499. The third-order valence-corrected chi connectivity index (χ3v) is 4.53. The summed E-state index contributed by atoms with van der Waals surface area (Å²) in [5, 5.41) is 12.5. The molecule has 26 heavy (non-hydrogen) atoms. The van der Waals surface area contributed by atoms with Gasteiger partial charge in [-0.2, -0.15) is 0 Å². The second kappa shape index (κ2) is 7.78. The van der Waals surface area contributed by atoms with E-state index in [9.17, 15) is 14.3 Å². The maximum atomic E-state index is 14.1. The van der Waals surface area contributed by atoms with Gasteiger partial charge in [0.15, 0.2) is 17.3 Å². The number of hydrogen-bond donors (Lipinski definition) is 2. The van der Waals surface area contributed by atoms with Gasteiger partial charge in [0.25, 0.3) is 11.9 Å². The molecule has 6 nitrogen and oxygen atoms in total. The van der Waals surface area contributed by atoms with Gasteiger partial charge in [0, 0.05) is 6.07 Å². The number of benzene rings is 1. The molecule has 1 aromatic carbocycles. The lowest BCUT2D eigenvalue weighted by atomic mass is 9.75. The quantitative estimate of drug-likeness (QED) is 0.790. The number of carbonyl (C=O) groups is 1. The van der Waals surface area contributed by atoms with E-state index < -0.39 is 23.9 Å². The smallest absolute Gasteiger partial charge is 0.287 e. The van der Waals surface area contributed by atoms with Crippen molar-refractivity contribution in [2.45, 2.75) is 31.9 Å². The molecule has 1 fully saturated rings. The topological polar surface area (TPSA) is 80.9 Å². The number of halogens is 1. The van der Waals surface area contributed by atoms with Gasteiger partial charge >= 0.3 is 0 Å². The van der Waals surface area contributed by atoms with Gasteiger partial charge in [-0.3, -0.25) is 4.79 Å². The molecule has 3 rings (SSSR count). The number of carbonyl (C=O) groups excluding carboxylic acids is 1. The zero-order chi connectivity index (χ0) is 18.7. The van der Waals surface area contributed by atoms with Crippen LogP contribution < -0.4 is 14.8 Å². The summed E-state index contributed by atoms with van der Waals surface area (Å²) in [4.78, 5) is 12.5. The van der Waals surface area contributed by atoms with E-state index in [0.717, 1.165) is 0 Å². The van der Waals surface area contributed by atoms with Crippen LogP contribution in [0.1, 0.15) is 41.9 Å². The average molecular weight is 363 g/mol. The highest BCUT2D eigenvalue weighted by Crippen LogP contribution is 2.39. The van der Waals surface area contributed by atoms with Crippen molar-refractivity contribution in [3.05, 3.63) is 47.5 Å². The first kappa shape index (κ1) is 18.3. The van der Waals surface area contributed by atoms with Crippen LogP contribution in [0.5, 0.6) is 11.7 Å². The Hall–Kier alpha value is -2.54. The second-order valence-corrected chi connectivity index (χ2v) is 6.28. The van der Waals surface area contributed by atoms with Gasteiger partial charge in [-0.05, 0) is 49.4 Å². The molecule has 2 aromatic rings. The van der Waals surface area contributed by atoms with Gasteiger partial charge in [-0.25, -0.2) is 4.39 Å². The first-order chi connectivity index (χ1) is 12.5. The van der Waals surface area contributed by atoms with Crippen molar-refractivity contribution in [1.82, 2.24) is 5.32 Å². The van der Waals surface area contributed by atoms with E-state index in [1.165, 1.54) is 25.3 Å². The summed E-state index contributed by atoms with van der Waals surface area (Å²) >= 11 is 0. The van der Waals surface area contributed by atoms with Gasteiger partial charge < -0.3 is 24.3 Å². The monoisotopic (exact) mass is 363 g/mol. The number of rotatable bonds is 7. The van der Waals surface area contributed by atoms with Gasteiger partial charge in [-0.15, -0.1) is 0 Å². The highest BCUT2D eigenvalue weighted by molar-refractivity contribution is 5.91. The molecule has 0 aliphatic heterocycles. The summed E-state index contributed by atoms with van der Waals surface area (Å²) in [5.41, 5.74) is 0.616. The van der Waals surface area contributed by atoms with E-state index in [-0.39, 0.29) is 23.4 Å². The number of ether oxygens (including phenoxy) is 2. The Morgan fingerprint density at radius 3 is 2.77 bits per heavy atom.